The molecule has 0 N–H and O–H groups in total. The van der Waals surface area contributed by atoms with Gasteiger partial charge in [-0.3, -0.25) is 0 Å². The van der Waals surface area contributed by atoms with Crippen molar-refractivity contribution in [1.82, 2.24) is 14.5 Å². The van der Waals surface area contributed by atoms with Crippen molar-refractivity contribution in [3.63, 3.8) is 0 Å². The molecule has 9 rings (SSSR count). The molecular weight excluding hydrogens is 582 g/mol. The fourth-order valence-corrected chi connectivity index (χ4v) is 6.37. The van der Waals surface area contributed by atoms with Crippen molar-refractivity contribution in [2.75, 3.05) is 0 Å². The fourth-order valence-electron chi connectivity index (χ4n) is 6.37. The standard InChI is InChI=1S/C40H21N5O2/c1-42-33-10-6-7-27(23-41)38(33)24-13-17-28(18-14-24)45-34-19-15-25(39-43-31-8-2-4-11-36(31)46-39)21-29(34)30-22-26(16-20-35(30)45)40-44-32-9-3-5-12-37(32)47-40/h2-22H. The maximum absolute atomic E-state index is 9.75. The van der Waals surface area contributed by atoms with Crippen LogP contribution in [0.5, 0.6) is 0 Å². The van der Waals surface area contributed by atoms with Gasteiger partial charge in [-0.1, -0.05) is 48.5 Å². The molecule has 0 fully saturated rings. The van der Waals surface area contributed by atoms with Crippen LogP contribution in [0.25, 0.3) is 88.6 Å². The van der Waals surface area contributed by atoms with Crippen LogP contribution in [0.3, 0.4) is 0 Å². The molecule has 0 saturated carbocycles. The van der Waals surface area contributed by atoms with Crippen LogP contribution < -0.4 is 0 Å². The third-order valence-corrected chi connectivity index (χ3v) is 8.54. The number of oxazole rings is 2. The third-order valence-electron chi connectivity index (χ3n) is 8.54. The number of rotatable bonds is 4. The Labute approximate surface area is 268 Å². The zero-order valence-corrected chi connectivity index (χ0v) is 24.7. The first-order valence-corrected chi connectivity index (χ1v) is 15.0. The smallest absolute Gasteiger partial charge is 0.227 e. The molecule has 47 heavy (non-hydrogen) atoms. The molecule has 3 aromatic heterocycles. The van der Waals surface area contributed by atoms with Gasteiger partial charge in [-0.05, 0) is 84.4 Å². The second-order valence-corrected chi connectivity index (χ2v) is 11.2. The summed E-state index contributed by atoms with van der Waals surface area (Å²) in [5, 5.41) is 11.8. The third kappa shape index (κ3) is 4.19. The highest BCUT2D eigenvalue weighted by molar-refractivity contribution is 6.11. The van der Waals surface area contributed by atoms with Crippen molar-refractivity contribution in [2.45, 2.75) is 0 Å². The van der Waals surface area contributed by atoms with Crippen LogP contribution in [0, 0.1) is 17.9 Å². The van der Waals surface area contributed by atoms with Crippen molar-refractivity contribution in [3.8, 4) is 45.8 Å². The van der Waals surface area contributed by atoms with Crippen LogP contribution in [0.1, 0.15) is 5.56 Å². The lowest BCUT2D eigenvalue weighted by molar-refractivity contribution is 0.619. The molecule has 0 atom stereocenters. The number of hydrogen-bond acceptors (Lipinski definition) is 5. The lowest BCUT2D eigenvalue weighted by Gasteiger charge is -2.11. The molecule has 3 heterocycles. The van der Waals surface area contributed by atoms with Crippen LogP contribution >= 0.6 is 0 Å². The van der Waals surface area contributed by atoms with Gasteiger partial charge in [-0.2, -0.15) is 5.26 Å². The minimum absolute atomic E-state index is 0.451. The molecule has 0 aliphatic heterocycles. The minimum Gasteiger partial charge on any atom is -0.436 e. The zero-order chi connectivity index (χ0) is 31.5. The summed E-state index contributed by atoms with van der Waals surface area (Å²) in [5.74, 6) is 1.11. The quantitative estimate of drug-likeness (QED) is 0.187. The Balaban J connectivity index is 1.25. The van der Waals surface area contributed by atoms with E-state index in [1.807, 2.05) is 84.9 Å². The van der Waals surface area contributed by atoms with Crippen molar-refractivity contribution in [3.05, 3.63) is 144 Å². The van der Waals surface area contributed by atoms with E-state index in [2.05, 4.69) is 39.7 Å². The zero-order valence-electron chi connectivity index (χ0n) is 24.7. The van der Waals surface area contributed by atoms with E-state index in [0.29, 0.717) is 28.6 Å². The SMILES string of the molecule is [C-]#[N+]c1cccc(C#N)c1-c1ccc(-n2c3ccc(-c4nc5ccccc5o4)cc3c3cc(-c4nc5ccccc5o4)ccc32)cc1. The van der Waals surface area contributed by atoms with E-state index in [4.69, 9.17) is 25.4 Å². The first-order chi connectivity index (χ1) is 23.2. The minimum atomic E-state index is 0.451. The highest BCUT2D eigenvalue weighted by Gasteiger charge is 2.18. The normalized spacial score (nSPS) is 11.4. The maximum atomic E-state index is 9.75. The van der Waals surface area contributed by atoms with E-state index in [0.717, 1.165) is 66.4 Å². The monoisotopic (exact) mass is 603 g/mol. The summed E-state index contributed by atoms with van der Waals surface area (Å²) in [7, 11) is 0. The second kappa shape index (κ2) is 10.3. The number of nitrogens with zero attached hydrogens (tertiary/aromatic N) is 5. The van der Waals surface area contributed by atoms with E-state index in [-0.39, 0.29) is 0 Å². The Hall–Kier alpha value is -6.96. The first-order valence-electron chi connectivity index (χ1n) is 15.0. The Kier molecular flexibility index (Phi) is 5.80. The Bertz CT molecular complexity index is 2540. The fraction of sp³-hybridized carbons (Fsp3) is 0. The van der Waals surface area contributed by atoms with Gasteiger partial charge in [0.1, 0.15) is 11.0 Å². The maximum Gasteiger partial charge on any atom is 0.227 e. The lowest BCUT2D eigenvalue weighted by atomic mass is 9.98. The number of aromatic nitrogens is 3. The van der Waals surface area contributed by atoms with E-state index in [1.54, 1.807) is 18.2 Å². The summed E-state index contributed by atoms with van der Waals surface area (Å²) in [6, 6.07) is 43.5. The van der Waals surface area contributed by atoms with E-state index < -0.39 is 0 Å². The van der Waals surface area contributed by atoms with Gasteiger partial charge in [0, 0.05) is 38.7 Å². The molecule has 7 nitrogen and oxygen atoms in total. The van der Waals surface area contributed by atoms with Gasteiger partial charge in [-0.25, -0.2) is 14.8 Å². The summed E-state index contributed by atoms with van der Waals surface area (Å²) >= 11 is 0. The summed E-state index contributed by atoms with van der Waals surface area (Å²) in [5.41, 5.74) is 10.2. The second-order valence-electron chi connectivity index (χ2n) is 11.2. The largest absolute Gasteiger partial charge is 0.436 e. The van der Waals surface area contributed by atoms with E-state index >= 15 is 0 Å². The molecule has 0 amide bonds. The predicted octanol–water partition coefficient (Wildman–Crippen LogP) is 10.5. The van der Waals surface area contributed by atoms with Gasteiger partial charge in [-0.15, -0.1) is 0 Å². The van der Waals surface area contributed by atoms with Crippen molar-refractivity contribution in [1.29, 1.82) is 5.26 Å². The van der Waals surface area contributed by atoms with Gasteiger partial charge >= 0.3 is 0 Å². The molecule has 0 radical (unpaired) electrons. The molecular formula is C40H21N5O2. The highest BCUT2D eigenvalue weighted by Crippen LogP contribution is 2.39. The molecule has 0 bridgehead atoms. The molecule has 0 saturated heterocycles. The van der Waals surface area contributed by atoms with Gasteiger partial charge in [0.2, 0.25) is 11.8 Å². The highest BCUT2D eigenvalue weighted by atomic mass is 16.4. The number of para-hydroxylation sites is 4. The Morgan fingerprint density at radius 1 is 0.617 bits per heavy atom. The first kappa shape index (κ1) is 26.4. The molecule has 9 aromatic rings. The van der Waals surface area contributed by atoms with E-state index in [9.17, 15) is 5.26 Å². The van der Waals surface area contributed by atoms with Crippen molar-refractivity contribution >= 4 is 49.7 Å². The molecule has 0 aliphatic rings. The average molecular weight is 604 g/mol. The number of benzene rings is 6. The lowest BCUT2D eigenvalue weighted by Crippen LogP contribution is -1.94. The molecule has 0 spiro atoms. The van der Waals surface area contributed by atoms with Crippen LogP contribution in [-0.2, 0) is 0 Å². The number of nitriles is 1. The molecule has 218 valence electrons. The summed E-state index contributed by atoms with van der Waals surface area (Å²) in [4.78, 5) is 13.2. The van der Waals surface area contributed by atoms with Crippen molar-refractivity contribution in [2.24, 2.45) is 0 Å². The van der Waals surface area contributed by atoms with Gasteiger partial charge in [0.15, 0.2) is 16.9 Å². The summed E-state index contributed by atoms with van der Waals surface area (Å²) in [6.45, 7) is 7.65. The molecule has 0 unspecified atom stereocenters. The topological polar surface area (TPSA) is 85.1 Å². The Morgan fingerprint density at radius 3 is 1.70 bits per heavy atom. The van der Waals surface area contributed by atoms with Crippen LogP contribution in [0.4, 0.5) is 5.69 Å². The van der Waals surface area contributed by atoms with Gasteiger partial charge in [0.25, 0.3) is 0 Å². The molecule has 6 aromatic carbocycles. The summed E-state index contributed by atoms with van der Waals surface area (Å²) in [6.07, 6.45) is 0. The van der Waals surface area contributed by atoms with Crippen LogP contribution in [0.15, 0.2) is 136 Å². The number of hydrogen-bond donors (Lipinski definition) is 0. The predicted molar refractivity (Wildman–Crippen MR) is 183 cm³/mol. The molecule has 7 heteroatoms. The van der Waals surface area contributed by atoms with E-state index in [1.165, 1.54) is 0 Å². The van der Waals surface area contributed by atoms with Crippen molar-refractivity contribution < 1.29 is 8.83 Å². The van der Waals surface area contributed by atoms with Gasteiger partial charge in [0.05, 0.1) is 23.7 Å². The van der Waals surface area contributed by atoms with Crippen LogP contribution in [-0.4, -0.2) is 14.5 Å². The van der Waals surface area contributed by atoms with Gasteiger partial charge < -0.3 is 13.4 Å². The Morgan fingerprint density at radius 2 is 1.17 bits per heavy atom. The average Bonchev–Trinajstić information content (AvgIpc) is 3.85. The number of fused-ring (bicyclic) bond motifs is 5. The van der Waals surface area contributed by atoms with Crippen LogP contribution in [0.2, 0.25) is 0 Å². The molecule has 0 aliphatic carbocycles. The summed E-state index contributed by atoms with van der Waals surface area (Å²) < 4.78 is 14.5.